The molecule has 12 heavy (non-hydrogen) atoms. The highest BCUT2D eigenvalue weighted by atomic mass is 19.3. The van der Waals surface area contributed by atoms with E-state index in [1.807, 2.05) is 0 Å². The summed E-state index contributed by atoms with van der Waals surface area (Å²) >= 11 is 0. The van der Waals surface area contributed by atoms with Gasteiger partial charge in [-0.1, -0.05) is 0 Å². The molecule has 0 bridgehead atoms. The summed E-state index contributed by atoms with van der Waals surface area (Å²) in [6.45, 7) is 0.672. The van der Waals surface area contributed by atoms with Crippen LogP contribution in [0.15, 0.2) is 0 Å². The van der Waals surface area contributed by atoms with Gasteiger partial charge in [-0.25, -0.2) is 8.78 Å². The molecule has 0 spiro atoms. The van der Waals surface area contributed by atoms with E-state index >= 15 is 0 Å². The Labute approximate surface area is 71.7 Å². The lowest BCUT2D eigenvalue weighted by Crippen LogP contribution is -2.37. The second-order valence-electron chi connectivity index (χ2n) is 3.38. The standard InChI is InChI=1S/C8H16F2N2/c1-11-6-8(9,10)5-7-3-2-4-12-7/h7,11-12H,2-6H2,1H3. The first kappa shape index (κ1) is 9.86. The fraction of sp³-hybridized carbons (Fsp3) is 1.00. The predicted molar refractivity (Wildman–Crippen MR) is 44.5 cm³/mol. The number of alkyl halides is 2. The lowest BCUT2D eigenvalue weighted by Gasteiger charge is -2.19. The predicted octanol–water partition coefficient (Wildman–Crippen LogP) is 0.983. The van der Waals surface area contributed by atoms with Gasteiger partial charge in [0.1, 0.15) is 0 Å². The molecule has 1 rings (SSSR count). The van der Waals surface area contributed by atoms with Crippen molar-refractivity contribution in [3.8, 4) is 0 Å². The zero-order valence-corrected chi connectivity index (χ0v) is 7.37. The highest BCUT2D eigenvalue weighted by Crippen LogP contribution is 2.23. The maximum Gasteiger partial charge on any atom is 0.261 e. The SMILES string of the molecule is CNCC(F)(F)CC1CCCN1. The quantitative estimate of drug-likeness (QED) is 0.670. The van der Waals surface area contributed by atoms with Crippen LogP contribution >= 0.6 is 0 Å². The van der Waals surface area contributed by atoms with Gasteiger partial charge in [0.15, 0.2) is 0 Å². The molecule has 1 heterocycles. The van der Waals surface area contributed by atoms with Gasteiger partial charge in [0, 0.05) is 12.5 Å². The maximum atomic E-state index is 13.0. The van der Waals surface area contributed by atoms with Gasteiger partial charge in [-0.3, -0.25) is 0 Å². The number of hydrogen-bond donors (Lipinski definition) is 2. The minimum Gasteiger partial charge on any atom is -0.314 e. The summed E-state index contributed by atoms with van der Waals surface area (Å²) < 4.78 is 25.9. The van der Waals surface area contributed by atoms with Crippen LogP contribution in [0.25, 0.3) is 0 Å². The van der Waals surface area contributed by atoms with Crippen LogP contribution in [0, 0.1) is 0 Å². The molecule has 1 unspecified atom stereocenters. The topological polar surface area (TPSA) is 24.1 Å². The molecule has 1 saturated heterocycles. The van der Waals surface area contributed by atoms with Gasteiger partial charge >= 0.3 is 0 Å². The Hall–Kier alpha value is -0.220. The molecule has 1 aliphatic rings. The molecule has 1 aliphatic heterocycles. The third-order valence-electron chi connectivity index (χ3n) is 2.14. The third-order valence-corrected chi connectivity index (χ3v) is 2.14. The summed E-state index contributed by atoms with van der Waals surface area (Å²) in [6, 6.07) is 0.0216. The highest BCUT2D eigenvalue weighted by molar-refractivity contribution is 4.81. The molecule has 0 amide bonds. The molecule has 4 heteroatoms. The van der Waals surface area contributed by atoms with Crippen LogP contribution in [-0.4, -0.2) is 32.1 Å². The molecule has 0 aromatic rings. The Balaban J connectivity index is 2.27. The third kappa shape index (κ3) is 3.03. The molecule has 0 aromatic carbocycles. The van der Waals surface area contributed by atoms with Crippen molar-refractivity contribution in [2.75, 3.05) is 20.1 Å². The van der Waals surface area contributed by atoms with E-state index in [0.29, 0.717) is 0 Å². The van der Waals surface area contributed by atoms with E-state index in [0.717, 1.165) is 19.4 Å². The first-order valence-corrected chi connectivity index (χ1v) is 4.40. The highest BCUT2D eigenvalue weighted by Gasteiger charge is 2.32. The summed E-state index contributed by atoms with van der Waals surface area (Å²) in [5.41, 5.74) is 0. The van der Waals surface area contributed by atoms with Crippen molar-refractivity contribution in [3.63, 3.8) is 0 Å². The summed E-state index contributed by atoms with van der Waals surface area (Å²) in [7, 11) is 1.55. The number of hydrogen-bond acceptors (Lipinski definition) is 2. The van der Waals surface area contributed by atoms with E-state index in [1.165, 1.54) is 0 Å². The minimum absolute atomic E-state index is 0.0216. The van der Waals surface area contributed by atoms with Crippen LogP contribution in [0.1, 0.15) is 19.3 Å². The molecule has 1 atom stereocenters. The van der Waals surface area contributed by atoms with Gasteiger partial charge in [-0.15, -0.1) is 0 Å². The smallest absolute Gasteiger partial charge is 0.261 e. The van der Waals surface area contributed by atoms with Gasteiger partial charge in [0.2, 0.25) is 0 Å². The largest absolute Gasteiger partial charge is 0.314 e. The van der Waals surface area contributed by atoms with Crippen molar-refractivity contribution < 1.29 is 8.78 Å². The zero-order chi connectivity index (χ0) is 9.03. The molecule has 2 nitrogen and oxygen atoms in total. The van der Waals surface area contributed by atoms with Gasteiger partial charge in [-0.05, 0) is 26.4 Å². The van der Waals surface area contributed by atoms with Crippen LogP contribution in [0.2, 0.25) is 0 Å². The lowest BCUT2D eigenvalue weighted by atomic mass is 10.1. The lowest BCUT2D eigenvalue weighted by molar-refractivity contribution is -0.0124. The van der Waals surface area contributed by atoms with Crippen LogP contribution in [-0.2, 0) is 0 Å². The van der Waals surface area contributed by atoms with Crippen molar-refractivity contribution in [1.82, 2.24) is 10.6 Å². The Bertz CT molecular complexity index is 133. The fourth-order valence-electron chi connectivity index (χ4n) is 1.62. The van der Waals surface area contributed by atoms with Crippen LogP contribution in [0.5, 0.6) is 0 Å². The van der Waals surface area contributed by atoms with E-state index in [1.54, 1.807) is 7.05 Å². The van der Waals surface area contributed by atoms with Crippen molar-refractivity contribution in [2.24, 2.45) is 0 Å². The first-order chi connectivity index (χ1) is 5.64. The fourth-order valence-corrected chi connectivity index (χ4v) is 1.62. The van der Waals surface area contributed by atoms with Gasteiger partial charge in [-0.2, -0.15) is 0 Å². The average Bonchev–Trinajstić information content (AvgIpc) is 2.38. The van der Waals surface area contributed by atoms with Crippen LogP contribution < -0.4 is 10.6 Å². The molecule has 0 aromatic heterocycles. The Morgan fingerprint density at radius 1 is 1.58 bits per heavy atom. The molecular formula is C8H16F2N2. The first-order valence-electron chi connectivity index (χ1n) is 4.40. The number of halogens is 2. The van der Waals surface area contributed by atoms with Crippen LogP contribution in [0.4, 0.5) is 8.78 Å². The van der Waals surface area contributed by atoms with Crippen molar-refractivity contribution in [3.05, 3.63) is 0 Å². The number of nitrogens with one attached hydrogen (secondary N) is 2. The Kier molecular flexibility index (Phi) is 3.40. The second kappa shape index (κ2) is 4.14. The van der Waals surface area contributed by atoms with Crippen LogP contribution in [0.3, 0.4) is 0 Å². The van der Waals surface area contributed by atoms with E-state index in [2.05, 4.69) is 10.6 Å². The molecule has 0 saturated carbocycles. The summed E-state index contributed by atoms with van der Waals surface area (Å²) in [5, 5.41) is 5.57. The normalized spacial score (nSPS) is 24.8. The van der Waals surface area contributed by atoms with E-state index < -0.39 is 5.92 Å². The van der Waals surface area contributed by atoms with E-state index in [4.69, 9.17) is 0 Å². The minimum atomic E-state index is -2.56. The molecule has 1 fully saturated rings. The summed E-state index contributed by atoms with van der Waals surface area (Å²) in [6.07, 6.45) is 1.88. The van der Waals surface area contributed by atoms with Crippen molar-refractivity contribution >= 4 is 0 Å². The van der Waals surface area contributed by atoms with Crippen molar-refractivity contribution in [1.29, 1.82) is 0 Å². The molecule has 0 aliphatic carbocycles. The molecule has 72 valence electrons. The molecule has 0 radical (unpaired) electrons. The van der Waals surface area contributed by atoms with E-state index in [9.17, 15) is 8.78 Å². The molecular weight excluding hydrogens is 162 g/mol. The summed E-state index contributed by atoms with van der Waals surface area (Å²) in [4.78, 5) is 0. The zero-order valence-electron chi connectivity index (χ0n) is 7.37. The molecule has 2 N–H and O–H groups in total. The maximum absolute atomic E-state index is 13.0. The monoisotopic (exact) mass is 178 g/mol. The van der Waals surface area contributed by atoms with Gasteiger partial charge < -0.3 is 10.6 Å². The Morgan fingerprint density at radius 3 is 2.83 bits per heavy atom. The van der Waals surface area contributed by atoms with Gasteiger partial charge in [0.25, 0.3) is 5.92 Å². The average molecular weight is 178 g/mol. The van der Waals surface area contributed by atoms with E-state index in [-0.39, 0.29) is 19.0 Å². The second-order valence-corrected chi connectivity index (χ2v) is 3.38. The van der Waals surface area contributed by atoms with Crippen molar-refractivity contribution in [2.45, 2.75) is 31.2 Å². The Morgan fingerprint density at radius 2 is 2.33 bits per heavy atom. The summed E-state index contributed by atoms with van der Waals surface area (Å²) in [5.74, 6) is -2.56. The van der Waals surface area contributed by atoms with Gasteiger partial charge in [0.05, 0.1) is 6.54 Å². The number of rotatable bonds is 4.